The fourth-order valence-electron chi connectivity index (χ4n) is 21.3. The summed E-state index contributed by atoms with van der Waals surface area (Å²) in [4.78, 5) is 76.6. The van der Waals surface area contributed by atoms with Gasteiger partial charge in [-0.3, -0.25) is 24.1 Å². The molecule has 4 N–H and O–H groups in total. The number of carbonyl (C=O) groups is 4. The molecular formula is C106H108N16O16. The number of nitrogens with zero attached hydrogens (tertiary/aromatic N) is 16. The van der Waals surface area contributed by atoms with Gasteiger partial charge in [-0.15, -0.1) is 0 Å². The molecule has 4 aliphatic heterocycles. The number of benzene rings is 8. The Kier molecular flexibility index (Phi) is 27.8. The number of imide groups is 1. The van der Waals surface area contributed by atoms with Gasteiger partial charge in [0.05, 0.1) is 85.1 Å². The monoisotopic (exact) mass is 1860 g/mol. The Morgan fingerprint density at radius 3 is 1.05 bits per heavy atom. The maximum Gasteiger partial charge on any atom is 0.258 e. The van der Waals surface area contributed by atoms with Crippen LogP contribution in [0.3, 0.4) is 0 Å². The first-order valence-corrected chi connectivity index (χ1v) is 47.1. The van der Waals surface area contributed by atoms with Crippen molar-refractivity contribution in [3.8, 4) is 139 Å². The van der Waals surface area contributed by atoms with Crippen LogP contribution in [0, 0.1) is 45.3 Å². The topological polar surface area (TPSA) is 450 Å². The molecule has 4 amide bonds. The zero-order valence-corrected chi connectivity index (χ0v) is 78.4. The number of aromatic nitrogens is 8. The van der Waals surface area contributed by atoms with Crippen molar-refractivity contribution < 1.29 is 76.6 Å². The number of β-amino-alcohol motifs (C(OH)–C–C–N with tert-alkyl or cyclic N) is 4. The highest BCUT2D eigenvalue weighted by Crippen LogP contribution is 2.53. The minimum atomic E-state index is -0.905. The molecular weight excluding hydrogens is 1750 g/mol. The summed E-state index contributed by atoms with van der Waals surface area (Å²) in [6.07, 6.45) is 10.8. The van der Waals surface area contributed by atoms with E-state index in [1.165, 1.54) is 22.3 Å². The van der Waals surface area contributed by atoms with Gasteiger partial charge in [-0.25, -0.2) is 0 Å². The highest BCUT2D eigenvalue weighted by molar-refractivity contribution is 6.10. The molecule has 4 atom stereocenters. The number of likely N-dealkylation sites (tertiary alicyclic amines) is 4. The van der Waals surface area contributed by atoms with Gasteiger partial charge in [0.15, 0.2) is 0 Å². The molecule has 138 heavy (non-hydrogen) atoms. The standard InChI is InChI=1S/2C27H28N4O4.C26H24N4O5.C26H28N4O3/c2*1-17(2)34-23-9-8-18(13-19(23)15-28)26-29-25(30-35-26)21-5-3-7-22-20(21)6-4-10-27(22)14-24(33)31(16-27)11-12-32;1-15(2)34-21-7-6-16(12-17(21)14-27)24-28-23(29-35-24)19-4-3-5-20-18(19)8-9-26(20)13-22(32)30(10-11-31)25(26)33;1-17(2)32-23-7-6-18(14-19(23)15-27)25-28-24(29-33-25)21-4-3-5-22-20(21)8-9-26(22)10-11-30(16-26)12-13-31/h2*3,5,7-9,13,17,32H,4,6,10-12,14,16H2,1-2H3;3-7,12,15,31H,8-11,13H2,1-2H3;3-7,14,17,31H,8-13,16H2,1-2H3. The third-order valence-corrected chi connectivity index (χ3v) is 27.3. The minimum absolute atomic E-state index is 0.00826. The second kappa shape index (κ2) is 40.3. The van der Waals surface area contributed by atoms with Gasteiger partial charge < -0.3 is 72.2 Å². The molecule has 0 radical (unpaired) electrons. The van der Waals surface area contributed by atoms with Crippen molar-refractivity contribution >= 4 is 23.6 Å². The van der Waals surface area contributed by atoms with Gasteiger partial charge in [0.1, 0.15) is 47.3 Å². The Labute approximate surface area is 798 Å². The molecule has 4 unspecified atom stereocenters. The molecule has 4 aliphatic carbocycles. The van der Waals surface area contributed by atoms with Crippen molar-refractivity contribution in [2.75, 3.05) is 78.8 Å². The van der Waals surface area contributed by atoms with Crippen molar-refractivity contribution in [3.05, 3.63) is 212 Å². The average molecular weight is 1860 g/mol. The van der Waals surface area contributed by atoms with Crippen LogP contribution in [0.1, 0.15) is 186 Å². The first-order chi connectivity index (χ1) is 66.8. The molecule has 8 heterocycles. The van der Waals surface area contributed by atoms with Gasteiger partial charge >= 0.3 is 0 Å². The minimum Gasteiger partial charge on any atom is -0.490 e. The summed E-state index contributed by atoms with van der Waals surface area (Å²) < 4.78 is 45.1. The largest absolute Gasteiger partial charge is 0.490 e. The van der Waals surface area contributed by atoms with Crippen LogP contribution in [0.2, 0.25) is 0 Å². The number of aliphatic hydroxyl groups is 4. The number of amides is 4. The summed E-state index contributed by atoms with van der Waals surface area (Å²) in [6, 6.07) is 53.8. The van der Waals surface area contributed by atoms with E-state index in [1.54, 1.807) is 64.4 Å². The van der Waals surface area contributed by atoms with Crippen LogP contribution in [-0.4, -0.2) is 207 Å². The number of carbonyl (C=O) groups excluding carboxylic acids is 4. The molecule has 32 nitrogen and oxygen atoms in total. The lowest BCUT2D eigenvalue weighted by molar-refractivity contribution is -0.140. The molecule has 8 aromatic carbocycles. The zero-order valence-electron chi connectivity index (χ0n) is 78.4. The van der Waals surface area contributed by atoms with Crippen molar-refractivity contribution in [1.29, 1.82) is 21.0 Å². The lowest BCUT2D eigenvalue weighted by Gasteiger charge is -2.36. The number of hydrogen-bond acceptors (Lipinski definition) is 29. The molecule has 32 heteroatoms. The normalized spacial score (nSPS) is 19.3. The average Bonchev–Trinajstić information content (AvgIpc) is 1.56. The van der Waals surface area contributed by atoms with Gasteiger partial charge in [-0.2, -0.15) is 41.0 Å². The van der Waals surface area contributed by atoms with E-state index in [9.17, 15) is 60.7 Å². The molecule has 4 saturated heterocycles. The second-order valence-corrected chi connectivity index (χ2v) is 37.5. The number of nitriles is 4. The Morgan fingerprint density at radius 1 is 0.370 bits per heavy atom. The summed E-state index contributed by atoms with van der Waals surface area (Å²) >= 11 is 0. The van der Waals surface area contributed by atoms with Crippen molar-refractivity contribution in [2.24, 2.45) is 0 Å². The first-order valence-electron chi connectivity index (χ1n) is 47.1. The first kappa shape index (κ1) is 95.1. The third-order valence-electron chi connectivity index (χ3n) is 27.3. The predicted octanol–water partition coefficient (Wildman–Crippen LogP) is 14.7. The molecule has 0 bridgehead atoms. The van der Waals surface area contributed by atoms with Crippen LogP contribution >= 0.6 is 0 Å². The summed E-state index contributed by atoms with van der Waals surface area (Å²) in [7, 11) is 0. The van der Waals surface area contributed by atoms with Crippen LogP contribution < -0.4 is 18.9 Å². The number of aliphatic hydroxyl groups excluding tert-OH is 4. The van der Waals surface area contributed by atoms with Crippen LogP contribution in [0.5, 0.6) is 23.0 Å². The Hall–Kier alpha value is -14.6. The SMILES string of the molecule is CC(C)Oc1ccc(-c2nc(-c3cccc4c3CCC43CC(=O)N(CCO)C3=O)no2)cc1C#N.CC(C)Oc1ccc(-c2nc(-c3cccc4c3CCC43CCN(CCO)C3)no2)cc1C#N.CC(C)Oc1ccc(-c2nc(-c3cccc4c3CCCC43CC(=O)N(CCO)C3)no2)cc1C#N.CC(C)Oc1ccc(-c2nc(-c3cccc4c3CCCC43CC(=O)N(CCO)C3)no2)cc1C#N. The van der Waals surface area contributed by atoms with Gasteiger partial charge in [-0.05, 0) is 250 Å². The van der Waals surface area contributed by atoms with Crippen LogP contribution in [0.25, 0.3) is 91.4 Å². The lowest BCUT2D eigenvalue weighted by Crippen LogP contribution is -2.38. The number of fused-ring (bicyclic) bond motifs is 8. The van der Waals surface area contributed by atoms with E-state index in [2.05, 4.69) is 100 Å². The van der Waals surface area contributed by atoms with E-state index in [0.717, 1.165) is 127 Å². The zero-order chi connectivity index (χ0) is 96.9. The van der Waals surface area contributed by atoms with Crippen LogP contribution in [-0.2, 0) is 66.5 Å². The molecule has 12 aromatic rings. The number of ether oxygens (including phenoxy) is 4. The molecule has 4 fully saturated rings. The van der Waals surface area contributed by atoms with Crippen molar-refractivity contribution in [2.45, 2.75) is 191 Å². The Balaban J connectivity index is 0.000000127. The quantitative estimate of drug-likeness (QED) is 0.0408. The van der Waals surface area contributed by atoms with Crippen LogP contribution in [0.4, 0.5) is 0 Å². The third kappa shape index (κ3) is 18.9. The lowest BCUT2D eigenvalue weighted by atomic mass is 9.68. The summed E-state index contributed by atoms with van der Waals surface area (Å²) in [5.41, 5.74) is 15.6. The fourth-order valence-corrected chi connectivity index (χ4v) is 21.3. The van der Waals surface area contributed by atoms with Crippen molar-refractivity contribution in [1.82, 2.24) is 60.2 Å². The van der Waals surface area contributed by atoms with E-state index >= 15 is 0 Å². The molecule has 4 spiro atoms. The maximum atomic E-state index is 13.2. The second-order valence-electron chi connectivity index (χ2n) is 37.5. The van der Waals surface area contributed by atoms with E-state index in [-0.39, 0.29) is 110 Å². The molecule has 0 saturated carbocycles. The van der Waals surface area contributed by atoms with E-state index in [0.29, 0.717) is 160 Å². The van der Waals surface area contributed by atoms with Gasteiger partial charge in [0.25, 0.3) is 23.6 Å². The van der Waals surface area contributed by atoms with Gasteiger partial charge in [-0.1, -0.05) is 93.4 Å². The van der Waals surface area contributed by atoms with E-state index in [4.69, 9.17) is 37.0 Å². The maximum absolute atomic E-state index is 13.2. The summed E-state index contributed by atoms with van der Waals surface area (Å²) in [5, 5.41) is 92.4. The molecule has 8 aliphatic rings. The van der Waals surface area contributed by atoms with E-state index < -0.39 is 5.41 Å². The van der Waals surface area contributed by atoms with Crippen molar-refractivity contribution in [3.63, 3.8) is 0 Å². The smallest absolute Gasteiger partial charge is 0.258 e. The molecule has 708 valence electrons. The van der Waals surface area contributed by atoms with Gasteiger partial charge in [0, 0.05) is 119 Å². The highest BCUT2D eigenvalue weighted by Gasteiger charge is 2.56. The fraction of sp³-hybridized carbons (Fsp3) is 0.396. The molecule has 4 aromatic heterocycles. The summed E-state index contributed by atoms with van der Waals surface area (Å²) in [6.45, 7) is 19.9. The number of rotatable bonds is 24. The van der Waals surface area contributed by atoms with E-state index in [1.807, 2.05) is 116 Å². The summed E-state index contributed by atoms with van der Waals surface area (Å²) in [5.74, 6) is 5.01. The molecule has 20 rings (SSSR count). The van der Waals surface area contributed by atoms with Gasteiger partial charge in [0.2, 0.25) is 46.9 Å². The Morgan fingerprint density at radius 2 is 0.703 bits per heavy atom. The van der Waals surface area contributed by atoms with Crippen LogP contribution in [0.15, 0.2) is 164 Å². The Bertz CT molecular complexity index is 6600. The highest BCUT2D eigenvalue weighted by atomic mass is 16.5. The number of hydrogen-bond donors (Lipinski definition) is 4. The predicted molar refractivity (Wildman–Crippen MR) is 505 cm³/mol.